The van der Waals surface area contributed by atoms with E-state index in [4.69, 9.17) is 4.74 Å². The average molecular weight is 377 g/mol. The highest BCUT2D eigenvalue weighted by atomic mass is 32.2. The van der Waals surface area contributed by atoms with Crippen LogP contribution in [0.3, 0.4) is 0 Å². The summed E-state index contributed by atoms with van der Waals surface area (Å²) < 4.78 is 29.7. The van der Waals surface area contributed by atoms with E-state index in [2.05, 4.69) is 14.9 Å². The molecule has 0 atom stereocenters. The van der Waals surface area contributed by atoms with Gasteiger partial charge in [0.15, 0.2) is 0 Å². The predicted molar refractivity (Wildman–Crippen MR) is 99.9 cm³/mol. The second kappa shape index (κ2) is 7.74. The van der Waals surface area contributed by atoms with E-state index in [0.717, 1.165) is 5.56 Å². The molecule has 0 fully saturated rings. The quantitative estimate of drug-likeness (QED) is 0.459. The van der Waals surface area contributed by atoms with E-state index < -0.39 is 16.0 Å². The van der Waals surface area contributed by atoms with Crippen LogP contribution < -0.4 is 4.83 Å². The molecule has 0 bridgehead atoms. The maximum atomic E-state index is 12.3. The number of esters is 1. The molecule has 8 heteroatoms. The fourth-order valence-corrected chi connectivity index (χ4v) is 3.43. The number of H-pyrrole nitrogens is 1. The first-order valence-electron chi connectivity index (χ1n) is 8.16. The van der Waals surface area contributed by atoms with Crippen molar-refractivity contribution in [3.63, 3.8) is 0 Å². The molecule has 7 nitrogen and oxygen atoms in total. The van der Waals surface area contributed by atoms with Crippen LogP contribution >= 0.6 is 0 Å². The predicted octanol–water partition coefficient (Wildman–Crippen LogP) is 2.82. The fraction of sp³-hybridized carbons (Fsp3) is 0.333. The molecule has 0 aliphatic rings. The number of aromatic amines is 1. The van der Waals surface area contributed by atoms with Gasteiger partial charge in [0.2, 0.25) is 0 Å². The topological polar surface area (TPSA) is 101 Å². The Morgan fingerprint density at radius 2 is 1.81 bits per heavy atom. The van der Waals surface area contributed by atoms with Crippen LogP contribution in [0.4, 0.5) is 0 Å². The lowest BCUT2D eigenvalue weighted by Crippen LogP contribution is -2.20. The maximum Gasteiger partial charge on any atom is 0.340 e. The lowest BCUT2D eigenvalue weighted by Gasteiger charge is -2.06. The molecule has 0 saturated carbocycles. The first-order chi connectivity index (χ1) is 12.2. The number of hydrogen-bond acceptors (Lipinski definition) is 5. The van der Waals surface area contributed by atoms with Gasteiger partial charge in [0.05, 0.1) is 28.5 Å². The number of nitrogens with zero attached hydrogens (tertiary/aromatic N) is 1. The first-order valence-corrected chi connectivity index (χ1v) is 9.65. The molecule has 1 heterocycles. The van der Waals surface area contributed by atoms with E-state index in [-0.39, 0.29) is 11.5 Å². The van der Waals surface area contributed by atoms with Crippen LogP contribution in [0.25, 0.3) is 0 Å². The summed E-state index contributed by atoms with van der Waals surface area (Å²) in [4.78, 5) is 17.5. The van der Waals surface area contributed by atoms with Crippen molar-refractivity contribution < 1.29 is 17.9 Å². The Morgan fingerprint density at radius 1 is 1.19 bits per heavy atom. The zero-order valence-electron chi connectivity index (χ0n) is 15.5. The SMILES string of the molecule is CCOC(=O)c1c(C)[nH]c(/C(C)=N/NS(=O)(=O)c2ccc(C)cc2)c1C. The molecule has 2 rings (SSSR count). The summed E-state index contributed by atoms with van der Waals surface area (Å²) in [5.74, 6) is -0.418. The van der Waals surface area contributed by atoms with Crippen LogP contribution in [-0.2, 0) is 14.8 Å². The smallest absolute Gasteiger partial charge is 0.340 e. The van der Waals surface area contributed by atoms with Crippen molar-refractivity contribution in [1.82, 2.24) is 9.82 Å². The van der Waals surface area contributed by atoms with E-state index >= 15 is 0 Å². The third-order valence-electron chi connectivity index (χ3n) is 3.94. The number of carbonyl (C=O) groups is 1. The minimum absolute atomic E-state index is 0.131. The molecule has 2 N–H and O–H groups in total. The molecule has 0 aliphatic carbocycles. The molecule has 140 valence electrons. The van der Waals surface area contributed by atoms with E-state index in [1.54, 1.807) is 39.8 Å². The summed E-state index contributed by atoms with van der Waals surface area (Å²) >= 11 is 0. The minimum atomic E-state index is -3.76. The number of sulfonamides is 1. The van der Waals surface area contributed by atoms with Crippen molar-refractivity contribution in [2.45, 2.75) is 39.5 Å². The van der Waals surface area contributed by atoms with Crippen molar-refractivity contribution >= 4 is 21.7 Å². The number of benzene rings is 1. The minimum Gasteiger partial charge on any atom is -0.462 e. The average Bonchev–Trinajstić information content (AvgIpc) is 2.88. The molecule has 0 aliphatic heterocycles. The number of carbonyl (C=O) groups excluding carboxylic acids is 1. The molecule has 0 radical (unpaired) electrons. The van der Waals surface area contributed by atoms with E-state index in [1.165, 1.54) is 12.1 Å². The zero-order chi connectivity index (χ0) is 19.5. The molecule has 2 aromatic rings. The lowest BCUT2D eigenvalue weighted by atomic mass is 10.1. The number of hydrogen-bond donors (Lipinski definition) is 2. The highest BCUT2D eigenvalue weighted by molar-refractivity contribution is 7.89. The van der Waals surface area contributed by atoms with Gasteiger partial charge in [-0.15, -0.1) is 0 Å². The van der Waals surface area contributed by atoms with Gasteiger partial charge in [0.25, 0.3) is 10.0 Å². The normalized spacial score (nSPS) is 12.1. The fourth-order valence-electron chi connectivity index (χ4n) is 2.58. The van der Waals surface area contributed by atoms with Gasteiger partial charge >= 0.3 is 5.97 Å². The summed E-state index contributed by atoms with van der Waals surface area (Å²) in [6, 6.07) is 6.47. The van der Waals surface area contributed by atoms with Crippen LogP contribution in [0.1, 0.15) is 46.7 Å². The third kappa shape index (κ3) is 4.13. The second-order valence-corrected chi connectivity index (χ2v) is 7.61. The van der Waals surface area contributed by atoms with Crippen molar-refractivity contribution in [3.8, 4) is 0 Å². The number of nitrogens with one attached hydrogen (secondary N) is 2. The largest absolute Gasteiger partial charge is 0.462 e. The number of aromatic nitrogens is 1. The summed E-state index contributed by atoms with van der Waals surface area (Å²) in [6.45, 7) is 9.07. The Balaban J connectivity index is 2.29. The Bertz CT molecular complexity index is 942. The number of aryl methyl sites for hydroxylation is 2. The molecule has 0 unspecified atom stereocenters. The molecule has 0 saturated heterocycles. The van der Waals surface area contributed by atoms with Gasteiger partial charge in [-0.05, 0) is 52.3 Å². The summed E-state index contributed by atoms with van der Waals surface area (Å²) in [5.41, 5.74) is 3.71. The monoisotopic (exact) mass is 377 g/mol. The van der Waals surface area contributed by atoms with Gasteiger partial charge in [-0.3, -0.25) is 0 Å². The molecule has 1 aromatic carbocycles. The molecule has 0 spiro atoms. The van der Waals surface area contributed by atoms with Gasteiger partial charge in [-0.2, -0.15) is 18.4 Å². The van der Waals surface area contributed by atoms with E-state index in [1.807, 2.05) is 6.92 Å². The van der Waals surface area contributed by atoms with Gasteiger partial charge in [0, 0.05) is 5.69 Å². The molecule has 26 heavy (non-hydrogen) atoms. The van der Waals surface area contributed by atoms with Crippen LogP contribution in [0.5, 0.6) is 0 Å². The number of hydrazone groups is 1. The zero-order valence-corrected chi connectivity index (χ0v) is 16.3. The van der Waals surface area contributed by atoms with Crippen molar-refractivity contribution in [3.05, 3.63) is 52.3 Å². The summed E-state index contributed by atoms with van der Waals surface area (Å²) in [7, 11) is -3.76. The standard InChI is InChI=1S/C18H23N3O4S/c1-6-25-18(22)16-12(3)17(19-13(16)4)14(5)20-21-26(23,24)15-9-7-11(2)8-10-15/h7-10,19,21H,6H2,1-5H3/b20-14+. The lowest BCUT2D eigenvalue weighted by molar-refractivity contribution is 0.0525. The van der Waals surface area contributed by atoms with Crippen LogP contribution in [0.15, 0.2) is 34.3 Å². The van der Waals surface area contributed by atoms with E-state index in [0.29, 0.717) is 28.2 Å². The van der Waals surface area contributed by atoms with Gasteiger partial charge in [-0.25, -0.2) is 4.79 Å². The van der Waals surface area contributed by atoms with Crippen LogP contribution in [0.2, 0.25) is 0 Å². The summed E-state index contributed by atoms with van der Waals surface area (Å²) in [5, 5.41) is 3.98. The molecule has 0 amide bonds. The Morgan fingerprint density at radius 3 is 2.38 bits per heavy atom. The molecular formula is C18H23N3O4S. The number of rotatable bonds is 6. The third-order valence-corrected chi connectivity index (χ3v) is 5.17. The number of ether oxygens (including phenoxy) is 1. The van der Waals surface area contributed by atoms with Crippen molar-refractivity contribution in [2.75, 3.05) is 6.61 Å². The molecule has 1 aromatic heterocycles. The van der Waals surface area contributed by atoms with Crippen molar-refractivity contribution in [1.29, 1.82) is 0 Å². The highest BCUT2D eigenvalue weighted by Gasteiger charge is 2.21. The first kappa shape index (κ1) is 19.7. The summed E-state index contributed by atoms with van der Waals surface area (Å²) in [6.07, 6.45) is 0. The second-order valence-electron chi connectivity index (χ2n) is 5.95. The highest BCUT2D eigenvalue weighted by Crippen LogP contribution is 2.20. The van der Waals surface area contributed by atoms with Crippen molar-refractivity contribution in [2.24, 2.45) is 5.10 Å². The van der Waals surface area contributed by atoms with Gasteiger partial charge in [-0.1, -0.05) is 17.7 Å². The Labute approximate surface area is 153 Å². The van der Waals surface area contributed by atoms with Crippen LogP contribution in [0, 0.1) is 20.8 Å². The Kier molecular flexibility index (Phi) is 5.86. The maximum absolute atomic E-state index is 12.3. The Hall–Kier alpha value is -2.61. The van der Waals surface area contributed by atoms with Crippen LogP contribution in [-0.4, -0.2) is 31.7 Å². The molecular weight excluding hydrogens is 354 g/mol. The van der Waals surface area contributed by atoms with Gasteiger partial charge < -0.3 is 9.72 Å². The van der Waals surface area contributed by atoms with E-state index in [9.17, 15) is 13.2 Å². The van der Waals surface area contributed by atoms with Gasteiger partial charge in [0.1, 0.15) is 0 Å².